The molecule has 0 saturated heterocycles. The lowest BCUT2D eigenvalue weighted by Gasteiger charge is -2.03. The highest BCUT2D eigenvalue weighted by Gasteiger charge is 2.34. The highest BCUT2D eigenvalue weighted by atomic mass is 19.4. The Labute approximate surface area is 60.8 Å². The van der Waals surface area contributed by atoms with Gasteiger partial charge in [-0.15, -0.1) is 0 Å². The average molecular weight is 165 g/mol. The van der Waals surface area contributed by atoms with E-state index < -0.39 is 11.7 Å². The van der Waals surface area contributed by atoms with Crippen LogP contribution in [0, 0.1) is 0 Å². The minimum atomic E-state index is -4.36. The zero-order valence-corrected chi connectivity index (χ0v) is 5.48. The molecule has 0 aliphatic rings. The smallest absolute Gasteiger partial charge is 0.419 e. The van der Waals surface area contributed by atoms with Crippen LogP contribution in [0.15, 0.2) is 16.9 Å². The van der Waals surface area contributed by atoms with Crippen LogP contribution in [0.5, 0.6) is 0 Å². The molecule has 0 spiro atoms. The van der Waals surface area contributed by atoms with Gasteiger partial charge in [0.05, 0.1) is 11.8 Å². The van der Waals surface area contributed by atoms with Crippen LogP contribution in [-0.2, 0) is 12.7 Å². The van der Waals surface area contributed by atoms with Crippen molar-refractivity contribution in [3.8, 4) is 0 Å². The summed E-state index contributed by atoms with van der Waals surface area (Å²) in [6.45, 7) is -0.161. The summed E-state index contributed by atoms with van der Waals surface area (Å²) in [4.78, 5) is 0. The van der Waals surface area contributed by atoms with Gasteiger partial charge in [-0.1, -0.05) is 0 Å². The fourth-order valence-electron chi connectivity index (χ4n) is 0.730. The number of alkyl halides is 3. The van der Waals surface area contributed by atoms with Gasteiger partial charge in [-0.3, -0.25) is 0 Å². The Kier molecular flexibility index (Phi) is 1.90. The van der Waals surface area contributed by atoms with Gasteiger partial charge in [-0.2, -0.15) is 13.2 Å². The molecule has 0 aliphatic carbocycles. The van der Waals surface area contributed by atoms with E-state index in [9.17, 15) is 13.2 Å². The zero-order chi connectivity index (χ0) is 8.48. The van der Waals surface area contributed by atoms with Crippen LogP contribution in [0.1, 0.15) is 11.1 Å². The Morgan fingerprint density at radius 2 is 2.00 bits per heavy atom. The molecular weight excluding hydrogens is 159 g/mol. The molecule has 2 nitrogen and oxygen atoms in total. The normalized spacial score (nSPS) is 12.0. The molecule has 62 valence electrons. The maximum Gasteiger partial charge on any atom is 0.419 e. The Hall–Kier alpha value is -0.970. The molecule has 0 saturated carbocycles. The maximum atomic E-state index is 12.0. The van der Waals surface area contributed by atoms with Crippen molar-refractivity contribution in [3.05, 3.63) is 23.7 Å². The van der Waals surface area contributed by atoms with E-state index in [0.717, 1.165) is 6.26 Å². The first-order chi connectivity index (χ1) is 5.05. The second kappa shape index (κ2) is 2.58. The summed E-state index contributed by atoms with van der Waals surface area (Å²) < 4.78 is 40.2. The predicted octanol–water partition coefficient (Wildman–Crippen LogP) is 1.76. The second-order valence-corrected chi connectivity index (χ2v) is 2.01. The fraction of sp³-hybridized carbons (Fsp3) is 0.333. The molecule has 0 radical (unpaired) electrons. The van der Waals surface area contributed by atoms with Crippen LogP contribution in [-0.4, -0.2) is 0 Å². The van der Waals surface area contributed by atoms with Crippen molar-refractivity contribution in [2.45, 2.75) is 12.7 Å². The van der Waals surface area contributed by atoms with Crippen molar-refractivity contribution in [2.75, 3.05) is 0 Å². The third-order valence-electron chi connectivity index (χ3n) is 1.27. The van der Waals surface area contributed by atoms with Gasteiger partial charge in [-0.25, -0.2) is 0 Å². The molecular formula is C6H6F3NO. The lowest BCUT2D eigenvalue weighted by atomic mass is 10.2. The SMILES string of the molecule is NCc1cocc1C(F)(F)F. The molecule has 0 aromatic carbocycles. The van der Waals surface area contributed by atoms with E-state index in [1.807, 2.05) is 0 Å². The molecule has 11 heavy (non-hydrogen) atoms. The summed E-state index contributed by atoms with van der Waals surface area (Å²) in [6, 6.07) is 0. The number of hydrogen-bond acceptors (Lipinski definition) is 2. The monoisotopic (exact) mass is 165 g/mol. The highest BCUT2D eigenvalue weighted by molar-refractivity contribution is 5.23. The number of nitrogens with two attached hydrogens (primary N) is 1. The van der Waals surface area contributed by atoms with Gasteiger partial charge < -0.3 is 10.2 Å². The molecule has 2 N–H and O–H groups in total. The molecule has 1 rings (SSSR count). The van der Waals surface area contributed by atoms with E-state index in [-0.39, 0.29) is 12.1 Å². The topological polar surface area (TPSA) is 39.2 Å². The number of hydrogen-bond donors (Lipinski definition) is 1. The van der Waals surface area contributed by atoms with Gasteiger partial charge in [0.2, 0.25) is 0 Å². The first kappa shape index (κ1) is 8.13. The second-order valence-electron chi connectivity index (χ2n) is 2.01. The largest absolute Gasteiger partial charge is 0.472 e. The summed E-state index contributed by atoms with van der Waals surface area (Å²) >= 11 is 0. The summed E-state index contributed by atoms with van der Waals surface area (Å²) in [5.41, 5.74) is 4.22. The van der Waals surface area contributed by atoms with E-state index in [2.05, 4.69) is 4.42 Å². The predicted molar refractivity (Wildman–Crippen MR) is 31.6 cm³/mol. The first-order valence-electron chi connectivity index (χ1n) is 2.88. The lowest BCUT2D eigenvalue weighted by molar-refractivity contribution is -0.138. The molecule has 0 atom stereocenters. The molecule has 0 unspecified atom stereocenters. The molecule has 1 aromatic heterocycles. The molecule has 1 heterocycles. The summed E-state index contributed by atoms with van der Waals surface area (Å²) in [5.74, 6) is 0. The average Bonchev–Trinajstić information content (AvgIpc) is 2.31. The van der Waals surface area contributed by atoms with E-state index in [0.29, 0.717) is 6.26 Å². The van der Waals surface area contributed by atoms with E-state index in [4.69, 9.17) is 5.73 Å². The van der Waals surface area contributed by atoms with Crippen LogP contribution >= 0.6 is 0 Å². The lowest BCUT2D eigenvalue weighted by Crippen LogP contribution is -2.08. The minimum Gasteiger partial charge on any atom is -0.472 e. The van der Waals surface area contributed by atoms with E-state index in [1.165, 1.54) is 0 Å². The Bertz CT molecular complexity index is 240. The standard InChI is InChI=1S/C6H6F3NO/c7-6(8,9)5-3-11-2-4(5)1-10/h2-3H,1,10H2. The zero-order valence-electron chi connectivity index (χ0n) is 5.48. The summed E-state index contributed by atoms with van der Waals surface area (Å²) in [5, 5.41) is 0. The molecule has 0 bridgehead atoms. The van der Waals surface area contributed by atoms with Gasteiger partial charge in [0.1, 0.15) is 6.26 Å². The van der Waals surface area contributed by atoms with Crippen molar-refractivity contribution in [1.82, 2.24) is 0 Å². The van der Waals surface area contributed by atoms with E-state index in [1.54, 1.807) is 0 Å². The van der Waals surface area contributed by atoms with Gasteiger partial charge >= 0.3 is 6.18 Å². The van der Waals surface area contributed by atoms with Crippen LogP contribution in [0.4, 0.5) is 13.2 Å². The van der Waals surface area contributed by atoms with Gasteiger partial charge in [-0.05, 0) is 0 Å². The fourth-order valence-corrected chi connectivity index (χ4v) is 0.730. The van der Waals surface area contributed by atoms with Crippen molar-refractivity contribution < 1.29 is 17.6 Å². The van der Waals surface area contributed by atoms with Crippen LogP contribution in [0.3, 0.4) is 0 Å². The Morgan fingerprint density at radius 1 is 1.36 bits per heavy atom. The Morgan fingerprint density at radius 3 is 2.36 bits per heavy atom. The number of rotatable bonds is 1. The molecule has 0 fully saturated rings. The van der Waals surface area contributed by atoms with Crippen molar-refractivity contribution in [2.24, 2.45) is 5.73 Å². The van der Waals surface area contributed by atoms with Gasteiger partial charge in [0, 0.05) is 12.1 Å². The molecule has 0 amide bonds. The quantitative estimate of drug-likeness (QED) is 0.688. The minimum absolute atomic E-state index is 0.0162. The maximum absolute atomic E-state index is 12.0. The first-order valence-corrected chi connectivity index (χ1v) is 2.88. The van der Waals surface area contributed by atoms with E-state index >= 15 is 0 Å². The van der Waals surface area contributed by atoms with Crippen molar-refractivity contribution in [3.63, 3.8) is 0 Å². The third-order valence-corrected chi connectivity index (χ3v) is 1.27. The third kappa shape index (κ3) is 1.54. The molecule has 0 aliphatic heterocycles. The van der Waals surface area contributed by atoms with Crippen molar-refractivity contribution >= 4 is 0 Å². The Balaban J connectivity index is 3.02. The van der Waals surface area contributed by atoms with Crippen LogP contribution in [0.2, 0.25) is 0 Å². The molecule has 5 heteroatoms. The number of halogens is 3. The van der Waals surface area contributed by atoms with Crippen molar-refractivity contribution in [1.29, 1.82) is 0 Å². The van der Waals surface area contributed by atoms with Gasteiger partial charge in [0.15, 0.2) is 0 Å². The summed E-state index contributed by atoms with van der Waals surface area (Å²) in [7, 11) is 0. The van der Waals surface area contributed by atoms with Gasteiger partial charge in [0.25, 0.3) is 0 Å². The van der Waals surface area contributed by atoms with Crippen LogP contribution in [0.25, 0.3) is 0 Å². The summed E-state index contributed by atoms with van der Waals surface area (Å²) in [6.07, 6.45) is -2.70. The highest BCUT2D eigenvalue weighted by Crippen LogP contribution is 2.32. The number of furan rings is 1. The van der Waals surface area contributed by atoms with Crippen LogP contribution < -0.4 is 5.73 Å². The molecule has 1 aromatic rings.